The van der Waals surface area contributed by atoms with Crippen molar-refractivity contribution in [3.63, 3.8) is 0 Å². The van der Waals surface area contributed by atoms with Crippen LogP contribution in [0.3, 0.4) is 0 Å². The molecule has 0 bridgehead atoms. The molecule has 4 rings (SSSR count). The fourth-order valence-electron chi connectivity index (χ4n) is 3.93. The van der Waals surface area contributed by atoms with Gasteiger partial charge in [-0.25, -0.2) is 4.98 Å². The van der Waals surface area contributed by atoms with E-state index >= 15 is 0 Å². The Bertz CT molecular complexity index is 634. The molecule has 1 aromatic carbocycles. The molecule has 3 atom stereocenters. The van der Waals surface area contributed by atoms with Gasteiger partial charge in [-0.05, 0) is 38.3 Å². The number of rotatable bonds is 2. The molecule has 1 aromatic heterocycles. The summed E-state index contributed by atoms with van der Waals surface area (Å²) in [6.07, 6.45) is 2.93. The normalized spacial score (nSPS) is 32.7. The molecule has 22 heavy (non-hydrogen) atoms. The molecule has 2 aliphatic heterocycles. The third-order valence-corrected chi connectivity index (χ3v) is 5.26. The lowest BCUT2D eigenvalue weighted by Crippen LogP contribution is -2.52. The topological polar surface area (TPSA) is 61.4 Å². The number of nitrogens with zero attached hydrogens (tertiary/aromatic N) is 2. The van der Waals surface area contributed by atoms with E-state index in [9.17, 15) is 5.11 Å². The predicted molar refractivity (Wildman–Crippen MR) is 86.0 cm³/mol. The van der Waals surface area contributed by atoms with Crippen molar-refractivity contribution in [2.24, 2.45) is 5.92 Å². The number of ether oxygens (including phenoxy) is 1. The van der Waals surface area contributed by atoms with E-state index < -0.39 is 5.60 Å². The summed E-state index contributed by atoms with van der Waals surface area (Å²) in [6, 6.07) is 8.40. The first-order valence-corrected chi connectivity index (χ1v) is 8.17. The number of imidazole rings is 1. The quantitative estimate of drug-likeness (QED) is 0.893. The molecule has 2 aromatic rings. The van der Waals surface area contributed by atoms with Crippen LogP contribution in [0, 0.1) is 5.92 Å². The van der Waals surface area contributed by atoms with Crippen LogP contribution in [0.15, 0.2) is 24.3 Å². The Hall–Kier alpha value is -1.59. The third-order valence-electron chi connectivity index (χ3n) is 5.26. The first-order chi connectivity index (χ1) is 10.6. The van der Waals surface area contributed by atoms with Crippen molar-refractivity contribution in [3.05, 3.63) is 24.3 Å². The van der Waals surface area contributed by atoms with Crippen molar-refractivity contribution in [2.45, 2.75) is 37.8 Å². The number of hydrogen-bond acceptors (Lipinski definition) is 4. The molecule has 0 amide bonds. The fourth-order valence-corrected chi connectivity index (χ4v) is 3.93. The van der Waals surface area contributed by atoms with Crippen LogP contribution in [0.4, 0.5) is 5.95 Å². The van der Waals surface area contributed by atoms with Crippen LogP contribution in [0.5, 0.6) is 0 Å². The van der Waals surface area contributed by atoms with Gasteiger partial charge in [0.1, 0.15) is 0 Å². The van der Waals surface area contributed by atoms with Gasteiger partial charge in [0.2, 0.25) is 5.95 Å². The number of nitrogens with one attached hydrogen (secondary N) is 1. The zero-order chi connectivity index (χ0) is 15.2. The summed E-state index contributed by atoms with van der Waals surface area (Å²) in [4.78, 5) is 10.5. The van der Waals surface area contributed by atoms with E-state index in [0.29, 0.717) is 19.6 Å². The van der Waals surface area contributed by atoms with Gasteiger partial charge in [-0.3, -0.25) is 0 Å². The van der Waals surface area contributed by atoms with Crippen LogP contribution in [-0.4, -0.2) is 46.5 Å². The fraction of sp³-hybridized carbons (Fsp3) is 0.588. The number of benzene rings is 1. The minimum absolute atomic E-state index is 0.136. The predicted octanol–water partition coefficient (Wildman–Crippen LogP) is 2.32. The number of para-hydroxylation sites is 2. The second kappa shape index (κ2) is 5.25. The number of fused-ring (bicyclic) bond motifs is 1. The minimum atomic E-state index is -0.655. The van der Waals surface area contributed by atoms with Crippen molar-refractivity contribution in [3.8, 4) is 0 Å². The maximum atomic E-state index is 10.8. The molecule has 2 N–H and O–H groups in total. The molecule has 2 fully saturated rings. The molecule has 2 aliphatic rings. The lowest BCUT2D eigenvalue weighted by Gasteiger charge is -2.43. The lowest BCUT2D eigenvalue weighted by molar-refractivity contribution is -0.108. The van der Waals surface area contributed by atoms with Crippen molar-refractivity contribution in [2.75, 3.05) is 24.7 Å². The summed E-state index contributed by atoms with van der Waals surface area (Å²) >= 11 is 0. The van der Waals surface area contributed by atoms with Crippen molar-refractivity contribution in [1.82, 2.24) is 9.97 Å². The van der Waals surface area contributed by atoms with E-state index in [4.69, 9.17) is 9.72 Å². The Labute approximate surface area is 130 Å². The van der Waals surface area contributed by atoms with Gasteiger partial charge in [-0.15, -0.1) is 0 Å². The molecule has 0 spiro atoms. The Balaban J connectivity index is 1.65. The molecule has 0 saturated carbocycles. The summed E-state index contributed by atoms with van der Waals surface area (Å²) in [5.41, 5.74) is 1.40. The molecule has 0 radical (unpaired) electrons. The zero-order valence-electron chi connectivity index (χ0n) is 13.0. The van der Waals surface area contributed by atoms with Gasteiger partial charge in [0.15, 0.2) is 0 Å². The lowest BCUT2D eigenvalue weighted by atomic mass is 9.79. The third kappa shape index (κ3) is 2.29. The number of aromatic amines is 1. The highest BCUT2D eigenvalue weighted by atomic mass is 16.5. The van der Waals surface area contributed by atoms with E-state index in [0.717, 1.165) is 36.4 Å². The molecular formula is C17H23N3O2. The summed E-state index contributed by atoms with van der Waals surface area (Å²) in [5, 5.41) is 10.8. The van der Waals surface area contributed by atoms with Crippen LogP contribution in [0.2, 0.25) is 0 Å². The number of H-pyrrole nitrogens is 1. The Morgan fingerprint density at radius 1 is 1.41 bits per heavy atom. The van der Waals surface area contributed by atoms with Crippen molar-refractivity contribution < 1.29 is 9.84 Å². The van der Waals surface area contributed by atoms with Crippen LogP contribution in [-0.2, 0) is 4.74 Å². The first-order valence-electron chi connectivity index (χ1n) is 8.17. The van der Waals surface area contributed by atoms with E-state index in [1.165, 1.54) is 0 Å². The molecule has 3 heterocycles. The molecule has 0 aliphatic carbocycles. The summed E-state index contributed by atoms with van der Waals surface area (Å²) in [7, 11) is 0. The second-order valence-electron chi connectivity index (χ2n) is 6.77. The maximum absolute atomic E-state index is 10.8. The molecule has 0 unspecified atom stereocenters. The van der Waals surface area contributed by atoms with Gasteiger partial charge in [-0.2, -0.15) is 0 Å². The van der Waals surface area contributed by atoms with Crippen LogP contribution in [0.1, 0.15) is 26.2 Å². The van der Waals surface area contributed by atoms with Gasteiger partial charge >= 0.3 is 0 Å². The Kier molecular flexibility index (Phi) is 3.35. The second-order valence-corrected chi connectivity index (χ2v) is 6.77. The van der Waals surface area contributed by atoms with Crippen molar-refractivity contribution in [1.29, 1.82) is 0 Å². The van der Waals surface area contributed by atoms with Crippen LogP contribution >= 0.6 is 0 Å². The van der Waals surface area contributed by atoms with Crippen LogP contribution in [0.25, 0.3) is 11.0 Å². The van der Waals surface area contributed by atoms with E-state index in [1.54, 1.807) is 0 Å². The maximum Gasteiger partial charge on any atom is 0.204 e. The van der Waals surface area contributed by atoms with Gasteiger partial charge in [-0.1, -0.05) is 12.1 Å². The van der Waals surface area contributed by atoms with E-state index in [1.807, 2.05) is 25.1 Å². The Morgan fingerprint density at radius 3 is 3.09 bits per heavy atom. The highest BCUT2D eigenvalue weighted by Crippen LogP contribution is 2.37. The standard InChI is InChI=1S/C17H23N3O2/c1-17(21)8-10-22-11-12(17)15-7-4-9-20(15)16-18-13-5-2-3-6-14(13)19-16/h2-3,5-6,12,15,21H,4,7-11H2,1H3,(H,18,19)/t12-,15-,17-/m0/s1. The van der Waals surface area contributed by atoms with Gasteiger partial charge < -0.3 is 19.7 Å². The molecule has 5 heteroatoms. The number of anilines is 1. The highest BCUT2D eigenvalue weighted by Gasteiger charge is 2.44. The smallest absolute Gasteiger partial charge is 0.204 e. The largest absolute Gasteiger partial charge is 0.390 e. The molecule has 2 saturated heterocycles. The summed E-state index contributed by atoms with van der Waals surface area (Å²) in [6.45, 7) is 4.22. The average Bonchev–Trinajstić information content (AvgIpc) is 3.12. The summed E-state index contributed by atoms with van der Waals surface area (Å²) in [5.74, 6) is 1.06. The number of aliphatic hydroxyl groups is 1. The monoisotopic (exact) mass is 301 g/mol. The summed E-state index contributed by atoms with van der Waals surface area (Å²) < 4.78 is 5.66. The van der Waals surface area contributed by atoms with Crippen LogP contribution < -0.4 is 4.90 Å². The van der Waals surface area contributed by atoms with Gasteiger partial charge in [0.25, 0.3) is 0 Å². The van der Waals surface area contributed by atoms with Gasteiger partial charge in [0.05, 0.1) is 23.2 Å². The van der Waals surface area contributed by atoms with Crippen molar-refractivity contribution >= 4 is 17.0 Å². The number of aromatic nitrogens is 2. The highest BCUT2D eigenvalue weighted by molar-refractivity contribution is 5.77. The zero-order valence-corrected chi connectivity index (χ0v) is 13.0. The number of hydrogen-bond donors (Lipinski definition) is 2. The Morgan fingerprint density at radius 2 is 2.27 bits per heavy atom. The van der Waals surface area contributed by atoms with Gasteiger partial charge in [0, 0.05) is 25.1 Å². The van der Waals surface area contributed by atoms with E-state index in [-0.39, 0.29) is 12.0 Å². The molecular weight excluding hydrogens is 278 g/mol. The molecule has 118 valence electrons. The average molecular weight is 301 g/mol. The molecule has 5 nitrogen and oxygen atoms in total. The van der Waals surface area contributed by atoms with E-state index in [2.05, 4.69) is 16.0 Å². The SMILES string of the molecule is C[C@]1(O)CCOC[C@H]1[C@@H]1CCCN1c1nc2ccccc2[nH]1. The first kappa shape index (κ1) is 14.0. The minimum Gasteiger partial charge on any atom is -0.390 e.